The number of pyridine rings is 1. The molecular formula is C23H19FN6O. The third-order valence-corrected chi connectivity index (χ3v) is 4.34. The monoisotopic (exact) mass is 414 g/mol. The summed E-state index contributed by atoms with van der Waals surface area (Å²) in [6, 6.07) is 20.7. The Kier molecular flexibility index (Phi) is 6.08. The smallest absolute Gasteiger partial charge is 0.228 e. The molecule has 8 heteroatoms. The van der Waals surface area contributed by atoms with Crippen LogP contribution < -0.4 is 16.0 Å². The molecule has 0 fully saturated rings. The van der Waals surface area contributed by atoms with E-state index in [0.717, 1.165) is 5.69 Å². The van der Waals surface area contributed by atoms with Gasteiger partial charge in [-0.15, -0.1) is 0 Å². The number of hydrogen-bond acceptors (Lipinski definition) is 6. The number of nitrogens with one attached hydrogen (secondary N) is 3. The van der Waals surface area contributed by atoms with Gasteiger partial charge < -0.3 is 16.0 Å². The summed E-state index contributed by atoms with van der Waals surface area (Å²) < 4.78 is 13.7. The summed E-state index contributed by atoms with van der Waals surface area (Å²) >= 11 is 0. The van der Waals surface area contributed by atoms with Crippen molar-refractivity contribution >= 4 is 34.7 Å². The number of hydrogen-bond donors (Lipinski definition) is 3. The van der Waals surface area contributed by atoms with E-state index in [-0.39, 0.29) is 18.1 Å². The standard InChI is InChI=1S/C23H19FN6O/c24-19-6-2-1-5-16(19)13-23(31)29-18-10-8-17(9-11-18)28-21-14-22(27-15-26-21)30-20-7-3-4-12-25-20/h1-12,14-15H,13H2,(H,29,31)(H2,25,26,27,28,30). The average Bonchev–Trinajstić information content (AvgIpc) is 2.78. The zero-order chi connectivity index (χ0) is 21.5. The molecule has 0 aliphatic heterocycles. The van der Waals surface area contributed by atoms with Crippen LogP contribution >= 0.6 is 0 Å². The second kappa shape index (κ2) is 9.45. The summed E-state index contributed by atoms with van der Waals surface area (Å²) in [5, 5.41) is 9.06. The van der Waals surface area contributed by atoms with Crippen molar-refractivity contribution in [3.05, 3.63) is 96.7 Å². The molecule has 0 saturated heterocycles. The molecule has 0 radical (unpaired) electrons. The number of carbonyl (C=O) groups excluding carboxylic acids is 1. The number of rotatable bonds is 7. The zero-order valence-corrected chi connectivity index (χ0v) is 16.4. The van der Waals surface area contributed by atoms with Crippen LogP contribution in [-0.2, 0) is 11.2 Å². The highest BCUT2D eigenvalue weighted by Gasteiger charge is 2.08. The predicted molar refractivity (Wildman–Crippen MR) is 118 cm³/mol. The minimum absolute atomic E-state index is 0.0281. The Morgan fingerprint density at radius 2 is 1.48 bits per heavy atom. The van der Waals surface area contributed by atoms with Gasteiger partial charge >= 0.3 is 0 Å². The molecule has 0 saturated carbocycles. The number of amides is 1. The van der Waals surface area contributed by atoms with Gasteiger partial charge in [0.1, 0.15) is 29.6 Å². The summed E-state index contributed by atoms with van der Waals surface area (Å²) in [6.45, 7) is 0. The largest absolute Gasteiger partial charge is 0.340 e. The first-order valence-electron chi connectivity index (χ1n) is 9.56. The first kappa shape index (κ1) is 20.0. The van der Waals surface area contributed by atoms with Gasteiger partial charge in [0.05, 0.1) is 6.42 Å². The van der Waals surface area contributed by atoms with Crippen molar-refractivity contribution < 1.29 is 9.18 Å². The molecule has 7 nitrogen and oxygen atoms in total. The Morgan fingerprint density at radius 1 is 0.774 bits per heavy atom. The minimum atomic E-state index is -0.390. The minimum Gasteiger partial charge on any atom is -0.340 e. The predicted octanol–water partition coefficient (Wildman–Crippen LogP) is 4.68. The number of aromatic nitrogens is 3. The van der Waals surface area contributed by atoms with Crippen LogP contribution in [0.15, 0.2) is 85.3 Å². The van der Waals surface area contributed by atoms with Crippen LogP contribution in [0.25, 0.3) is 0 Å². The van der Waals surface area contributed by atoms with E-state index in [1.54, 1.807) is 42.6 Å². The lowest BCUT2D eigenvalue weighted by Gasteiger charge is -2.10. The van der Waals surface area contributed by atoms with E-state index in [1.165, 1.54) is 12.4 Å². The number of carbonyl (C=O) groups is 1. The summed E-state index contributed by atoms with van der Waals surface area (Å²) in [4.78, 5) is 24.8. The van der Waals surface area contributed by atoms with E-state index in [1.807, 2.05) is 30.3 Å². The van der Waals surface area contributed by atoms with Crippen LogP contribution in [0.2, 0.25) is 0 Å². The van der Waals surface area contributed by atoms with Crippen LogP contribution in [0, 0.1) is 5.82 Å². The van der Waals surface area contributed by atoms with Crippen molar-refractivity contribution in [1.82, 2.24) is 15.0 Å². The van der Waals surface area contributed by atoms with Crippen molar-refractivity contribution in [2.24, 2.45) is 0 Å². The van der Waals surface area contributed by atoms with E-state index in [2.05, 4.69) is 30.9 Å². The fourth-order valence-corrected chi connectivity index (χ4v) is 2.87. The first-order valence-corrected chi connectivity index (χ1v) is 9.56. The summed E-state index contributed by atoms with van der Waals surface area (Å²) in [5.41, 5.74) is 1.76. The number of benzene rings is 2. The first-order chi connectivity index (χ1) is 15.2. The van der Waals surface area contributed by atoms with Gasteiger partial charge in [0.2, 0.25) is 5.91 Å². The van der Waals surface area contributed by atoms with Crippen LogP contribution in [0.4, 0.5) is 33.2 Å². The fourth-order valence-electron chi connectivity index (χ4n) is 2.87. The molecule has 0 bridgehead atoms. The van der Waals surface area contributed by atoms with Crippen molar-refractivity contribution in [3.8, 4) is 0 Å². The molecule has 2 heterocycles. The molecule has 154 valence electrons. The fraction of sp³-hybridized carbons (Fsp3) is 0.0435. The maximum atomic E-state index is 13.7. The molecule has 1 amide bonds. The topological polar surface area (TPSA) is 91.8 Å². The highest BCUT2D eigenvalue weighted by Crippen LogP contribution is 2.20. The average molecular weight is 414 g/mol. The summed E-state index contributed by atoms with van der Waals surface area (Å²) in [6.07, 6.45) is 3.12. The second-order valence-corrected chi connectivity index (χ2v) is 6.65. The van der Waals surface area contributed by atoms with Crippen LogP contribution in [-0.4, -0.2) is 20.9 Å². The lowest BCUT2D eigenvalue weighted by Crippen LogP contribution is -2.15. The van der Waals surface area contributed by atoms with Gasteiger partial charge in [-0.2, -0.15) is 0 Å². The van der Waals surface area contributed by atoms with Gasteiger partial charge in [-0.05, 0) is 48.0 Å². The van der Waals surface area contributed by atoms with Crippen molar-refractivity contribution in [2.75, 3.05) is 16.0 Å². The number of anilines is 5. The molecule has 3 N–H and O–H groups in total. The molecule has 0 unspecified atom stereocenters. The molecule has 31 heavy (non-hydrogen) atoms. The van der Waals surface area contributed by atoms with Crippen LogP contribution in [0.5, 0.6) is 0 Å². The summed E-state index contributed by atoms with van der Waals surface area (Å²) in [7, 11) is 0. The molecule has 0 aliphatic carbocycles. The molecule has 0 spiro atoms. The van der Waals surface area contributed by atoms with Crippen LogP contribution in [0.1, 0.15) is 5.56 Å². The van der Waals surface area contributed by atoms with Crippen LogP contribution in [0.3, 0.4) is 0 Å². The van der Waals surface area contributed by atoms with Crippen molar-refractivity contribution in [2.45, 2.75) is 6.42 Å². The highest BCUT2D eigenvalue weighted by atomic mass is 19.1. The molecule has 4 aromatic rings. The Morgan fingerprint density at radius 3 is 2.23 bits per heavy atom. The Bertz CT molecular complexity index is 1170. The van der Waals surface area contributed by atoms with E-state index in [9.17, 15) is 9.18 Å². The number of halogens is 1. The van der Waals surface area contributed by atoms with E-state index in [4.69, 9.17) is 0 Å². The third kappa shape index (κ3) is 5.60. The van der Waals surface area contributed by atoms with Gasteiger partial charge in [0, 0.05) is 23.6 Å². The molecule has 0 aliphatic rings. The van der Waals surface area contributed by atoms with Gasteiger partial charge in [-0.25, -0.2) is 19.3 Å². The van der Waals surface area contributed by atoms with Gasteiger partial charge in [-0.1, -0.05) is 24.3 Å². The quantitative estimate of drug-likeness (QED) is 0.407. The SMILES string of the molecule is O=C(Cc1ccccc1F)Nc1ccc(Nc2cc(Nc3ccccn3)ncn2)cc1. The molecule has 4 rings (SSSR count). The lowest BCUT2D eigenvalue weighted by molar-refractivity contribution is -0.115. The van der Waals surface area contributed by atoms with Gasteiger partial charge in [0.25, 0.3) is 0 Å². The Labute approximate surface area is 178 Å². The maximum absolute atomic E-state index is 13.7. The molecular weight excluding hydrogens is 395 g/mol. The van der Waals surface area contributed by atoms with E-state index in [0.29, 0.717) is 28.7 Å². The zero-order valence-electron chi connectivity index (χ0n) is 16.4. The summed E-state index contributed by atoms with van der Waals surface area (Å²) in [5.74, 6) is 1.21. The lowest BCUT2D eigenvalue weighted by atomic mass is 10.1. The normalized spacial score (nSPS) is 10.4. The molecule has 2 aromatic heterocycles. The van der Waals surface area contributed by atoms with Crippen molar-refractivity contribution in [1.29, 1.82) is 0 Å². The van der Waals surface area contributed by atoms with E-state index < -0.39 is 0 Å². The molecule has 0 atom stereocenters. The molecule has 2 aromatic carbocycles. The Balaban J connectivity index is 1.36. The van der Waals surface area contributed by atoms with Gasteiger partial charge in [-0.3, -0.25) is 4.79 Å². The van der Waals surface area contributed by atoms with E-state index >= 15 is 0 Å². The second-order valence-electron chi connectivity index (χ2n) is 6.65. The Hall–Kier alpha value is -4.33. The highest BCUT2D eigenvalue weighted by molar-refractivity contribution is 5.92. The third-order valence-electron chi connectivity index (χ3n) is 4.34. The van der Waals surface area contributed by atoms with Crippen molar-refractivity contribution in [3.63, 3.8) is 0 Å². The number of nitrogens with zero attached hydrogens (tertiary/aromatic N) is 3. The van der Waals surface area contributed by atoms with Gasteiger partial charge in [0.15, 0.2) is 0 Å². The maximum Gasteiger partial charge on any atom is 0.228 e.